The summed E-state index contributed by atoms with van der Waals surface area (Å²) in [5.41, 5.74) is 0.263. The molecule has 0 unspecified atom stereocenters. The van der Waals surface area contributed by atoms with Crippen LogP contribution in [0.15, 0.2) is 18.2 Å². The highest BCUT2D eigenvalue weighted by molar-refractivity contribution is 6.00. The highest BCUT2D eigenvalue weighted by Crippen LogP contribution is 2.57. The first kappa shape index (κ1) is 19.6. The van der Waals surface area contributed by atoms with Crippen LogP contribution in [-0.4, -0.2) is 22.8 Å². The maximum absolute atomic E-state index is 13.0. The number of ether oxygens (including phenoxy) is 1. The quantitative estimate of drug-likeness (QED) is 0.804. The Morgan fingerprint density at radius 2 is 1.89 bits per heavy atom. The summed E-state index contributed by atoms with van der Waals surface area (Å²) < 4.78 is 5.42. The van der Waals surface area contributed by atoms with Gasteiger partial charge in [0.1, 0.15) is 5.60 Å². The highest BCUT2D eigenvalue weighted by atomic mass is 16.6. The van der Waals surface area contributed by atoms with Crippen molar-refractivity contribution in [3.05, 3.63) is 34.9 Å². The van der Waals surface area contributed by atoms with Crippen molar-refractivity contribution in [3.63, 3.8) is 0 Å². The van der Waals surface area contributed by atoms with Crippen LogP contribution in [0.2, 0.25) is 0 Å². The Bertz CT molecular complexity index is 824. The Balaban J connectivity index is 2.10. The number of rotatable bonds is 3. The number of carboxylic acids is 1. The van der Waals surface area contributed by atoms with Crippen molar-refractivity contribution < 1.29 is 24.2 Å². The number of hydrogen-bond acceptors (Lipinski definition) is 4. The van der Waals surface area contributed by atoms with Gasteiger partial charge in [-0.15, -0.1) is 0 Å². The minimum Gasteiger partial charge on any atom is -0.481 e. The highest BCUT2D eigenvalue weighted by Gasteiger charge is 2.57. The summed E-state index contributed by atoms with van der Waals surface area (Å²) in [6.07, 6.45) is 2.53. The zero-order valence-corrected chi connectivity index (χ0v) is 16.7. The monoisotopic (exact) mass is 372 g/mol. The van der Waals surface area contributed by atoms with Crippen LogP contribution in [0.25, 0.3) is 0 Å². The molecule has 1 aromatic carbocycles. The minimum atomic E-state index is -0.893. The van der Waals surface area contributed by atoms with E-state index in [1.54, 1.807) is 20.8 Å². The molecule has 5 nitrogen and oxygen atoms in total. The fourth-order valence-electron chi connectivity index (χ4n) is 5.26. The van der Waals surface area contributed by atoms with Crippen molar-refractivity contribution in [2.75, 3.05) is 0 Å². The number of esters is 1. The van der Waals surface area contributed by atoms with Crippen molar-refractivity contribution in [1.82, 2.24) is 0 Å². The molecular formula is C22H28O5. The summed E-state index contributed by atoms with van der Waals surface area (Å²) in [6.45, 7) is 8.85. The smallest absolute Gasteiger partial charge is 0.309 e. The second kappa shape index (κ2) is 6.18. The Morgan fingerprint density at radius 1 is 1.22 bits per heavy atom. The van der Waals surface area contributed by atoms with Crippen LogP contribution in [-0.2, 0) is 25.3 Å². The molecule has 0 aliphatic heterocycles. The molecule has 5 heteroatoms. The molecular weight excluding hydrogens is 344 g/mol. The van der Waals surface area contributed by atoms with E-state index in [9.17, 15) is 19.5 Å². The molecule has 0 aromatic heterocycles. The summed E-state index contributed by atoms with van der Waals surface area (Å²) in [5, 5.41) is 9.86. The third-order valence-corrected chi connectivity index (χ3v) is 6.84. The molecule has 0 heterocycles. The first-order valence-electron chi connectivity index (χ1n) is 9.53. The van der Waals surface area contributed by atoms with Crippen LogP contribution in [0.3, 0.4) is 0 Å². The van der Waals surface area contributed by atoms with Crippen LogP contribution in [0.4, 0.5) is 0 Å². The van der Waals surface area contributed by atoms with E-state index in [0.29, 0.717) is 12.0 Å². The number of Topliss-reactive ketones (excluding diaryl/α,β-unsaturated/α-hetero) is 1. The van der Waals surface area contributed by atoms with E-state index >= 15 is 0 Å². The van der Waals surface area contributed by atoms with Gasteiger partial charge in [0.05, 0.1) is 5.41 Å². The van der Waals surface area contributed by atoms with Gasteiger partial charge in [0.25, 0.3) is 0 Å². The maximum atomic E-state index is 13.0. The summed E-state index contributed by atoms with van der Waals surface area (Å²) in [5.74, 6) is -1.44. The molecule has 27 heavy (non-hydrogen) atoms. The Kier molecular flexibility index (Phi) is 4.48. The van der Waals surface area contributed by atoms with Gasteiger partial charge in [0, 0.05) is 18.9 Å². The predicted molar refractivity (Wildman–Crippen MR) is 101 cm³/mol. The second-order valence-electron chi connectivity index (χ2n) is 9.04. The van der Waals surface area contributed by atoms with E-state index in [-0.39, 0.29) is 29.5 Å². The van der Waals surface area contributed by atoms with E-state index < -0.39 is 17.0 Å². The number of ketones is 1. The second-order valence-corrected chi connectivity index (χ2v) is 9.04. The fraction of sp³-hybridized carbons (Fsp3) is 0.591. The number of hydrogen-bond donors (Lipinski definition) is 1. The lowest BCUT2D eigenvalue weighted by molar-refractivity contribution is -0.157. The number of fused-ring (bicyclic) bond motifs is 3. The van der Waals surface area contributed by atoms with Crippen molar-refractivity contribution in [3.8, 4) is 0 Å². The Morgan fingerprint density at radius 3 is 2.48 bits per heavy atom. The Hall–Kier alpha value is -2.17. The van der Waals surface area contributed by atoms with Crippen molar-refractivity contribution in [2.24, 2.45) is 11.3 Å². The van der Waals surface area contributed by atoms with E-state index in [4.69, 9.17) is 4.74 Å². The summed E-state index contributed by atoms with van der Waals surface area (Å²) in [7, 11) is 0. The topological polar surface area (TPSA) is 80.7 Å². The van der Waals surface area contributed by atoms with Gasteiger partial charge >= 0.3 is 11.9 Å². The molecule has 0 saturated heterocycles. The van der Waals surface area contributed by atoms with Gasteiger partial charge in [-0.1, -0.05) is 25.5 Å². The molecule has 2 aliphatic carbocycles. The van der Waals surface area contributed by atoms with Gasteiger partial charge in [-0.3, -0.25) is 14.4 Å². The normalized spacial score (nSPS) is 30.3. The summed E-state index contributed by atoms with van der Waals surface area (Å²) in [4.78, 5) is 36.4. The van der Waals surface area contributed by atoms with Crippen molar-refractivity contribution in [1.29, 1.82) is 0 Å². The van der Waals surface area contributed by atoms with E-state index in [2.05, 4.69) is 6.92 Å². The predicted octanol–water partition coefficient (Wildman–Crippen LogP) is 4.22. The molecule has 0 amide bonds. The lowest BCUT2D eigenvalue weighted by Gasteiger charge is -2.53. The fourth-order valence-corrected chi connectivity index (χ4v) is 5.26. The zero-order valence-electron chi connectivity index (χ0n) is 16.7. The minimum absolute atomic E-state index is 0.0256. The molecule has 0 spiro atoms. The number of aliphatic carboxylic acids is 1. The molecule has 2 aliphatic rings. The van der Waals surface area contributed by atoms with Gasteiger partial charge in [-0.25, -0.2) is 0 Å². The lowest BCUT2D eigenvalue weighted by Crippen LogP contribution is -2.53. The molecule has 146 valence electrons. The maximum Gasteiger partial charge on any atom is 0.309 e. The first-order chi connectivity index (χ1) is 12.4. The van der Waals surface area contributed by atoms with Gasteiger partial charge in [0.2, 0.25) is 0 Å². The molecule has 1 fully saturated rings. The zero-order chi connectivity index (χ0) is 20.2. The number of carbonyl (C=O) groups excluding carboxylic acids is 2. The first-order valence-corrected chi connectivity index (χ1v) is 9.53. The number of carboxylic acid groups (broad SMARTS) is 1. The molecule has 3 atom stereocenters. The van der Waals surface area contributed by atoms with Gasteiger partial charge in [-0.2, -0.15) is 0 Å². The number of benzene rings is 1. The van der Waals surface area contributed by atoms with Gasteiger partial charge < -0.3 is 9.84 Å². The van der Waals surface area contributed by atoms with Crippen LogP contribution in [0.5, 0.6) is 0 Å². The van der Waals surface area contributed by atoms with Crippen LogP contribution < -0.4 is 0 Å². The molecule has 0 radical (unpaired) electrons. The third kappa shape index (κ3) is 2.97. The van der Waals surface area contributed by atoms with Crippen molar-refractivity contribution in [2.45, 2.75) is 71.3 Å². The van der Waals surface area contributed by atoms with Crippen LogP contribution in [0, 0.1) is 11.3 Å². The van der Waals surface area contributed by atoms with Crippen LogP contribution >= 0.6 is 0 Å². The van der Waals surface area contributed by atoms with E-state index in [1.165, 1.54) is 6.92 Å². The van der Waals surface area contributed by atoms with Gasteiger partial charge in [0.15, 0.2) is 5.78 Å². The SMILES string of the molecule is CC(=O)OC(C)(C)c1ccc2c(c1)C(=O)C[C@@H]1[C@](C)(C(=O)O)CCC[C@@]21C. The third-order valence-electron chi connectivity index (χ3n) is 6.84. The summed E-state index contributed by atoms with van der Waals surface area (Å²) in [6, 6.07) is 5.66. The molecule has 1 N–H and O–H groups in total. The van der Waals surface area contributed by atoms with E-state index in [0.717, 1.165) is 24.0 Å². The molecule has 1 saturated carbocycles. The summed E-state index contributed by atoms with van der Waals surface area (Å²) >= 11 is 0. The molecule has 0 bridgehead atoms. The Labute approximate surface area is 160 Å². The standard InChI is InChI=1S/C22H28O5/c1-13(23)27-20(2,3)14-7-8-16-15(11-14)17(24)12-18-21(16,4)9-6-10-22(18,5)19(25)26/h7-8,11,18H,6,9-10,12H2,1-5H3,(H,25,26)/t18-,21-,22+/m0/s1. The van der Waals surface area contributed by atoms with Crippen LogP contribution in [0.1, 0.15) is 81.8 Å². The lowest BCUT2D eigenvalue weighted by atomic mass is 9.49. The van der Waals surface area contributed by atoms with Gasteiger partial charge in [-0.05, 0) is 62.1 Å². The average Bonchev–Trinajstić information content (AvgIpc) is 2.55. The largest absolute Gasteiger partial charge is 0.481 e. The molecule has 1 aromatic rings. The molecule has 3 rings (SSSR count). The average molecular weight is 372 g/mol. The van der Waals surface area contributed by atoms with E-state index in [1.807, 2.05) is 18.2 Å². The van der Waals surface area contributed by atoms with Crippen molar-refractivity contribution >= 4 is 17.7 Å². The number of carbonyl (C=O) groups is 3.